The van der Waals surface area contributed by atoms with E-state index in [1.165, 1.54) is 0 Å². The molecule has 0 saturated heterocycles. The molecule has 7 rings (SSSR count). The van der Waals surface area contributed by atoms with Gasteiger partial charge >= 0.3 is 30.0 Å². The summed E-state index contributed by atoms with van der Waals surface area (Å²) in [6, 6.07) is 46.7. The summed E-state index contributed by atoms with van der Waals surface area (Å²) < 4.78 is 45.0. The van der Waals surface area contributed by atoms with Crippen LogP contribution in [0.5, 0.6) is 0 Å². The predicted octanol–water partition coefficient (Wildman–Crippen LogP) is 8.92. The molecule has 4 unspecified atom stereocenters. The number of hydrogen-bond donors (Lipinski definition) is 5. The van der Waals surface area contributed by atoms with E-state index in [0.29, 0.717) is 16.9 Å². The minimum Gasteiger partial charge on any atom is -0.494 e. The fraction of sp³-hybridized carbons (Fsp3) is 0.365. The Morgan fingerprint density at radius 3 is 1.42 bits per heavy atom. The van der Waals surface area contributed by atoms with Gasteiger partial charge in [0.05, 0.1) is 25.6 Å². The highest BCUT2D eigenvalue weighted by molar-refractivity contribution is 5.92. The molecule has 6 aromatic rings. The first kappa shape index (κ1) is 73.2. The van der Waals surface area contributed by atoms with Gasteiger partial charge in [-0.1, -0.05) is 176 Å². The standard InChI is InChI=1S/C74H85N5O17/c1-51(91-45-52-21-9-5-10-22-52)33-34-63(71(86)94-48-55-27-15-8-16-28-55)78-69(84)61(35-39-66(81)77-62(70(85)93-47-54-25-13-7-14-26-54)37-40-68(83)92-46-53-23-11-6-12-24-53)76-67(82)50-90-44-43-89-42-41-75-65(80)38-36-64(72(87)96-74(2,3)4)79-73(88)95-49-60-58-31-19-17-29-56(58)57-30-18-20-32-59(57)60/h5-32,60-64H,1,33-50H2,2-4H3,(H,75,80)(H,76,82)(H,77,81)(H,78,84)(H,79,88). The molecule has 0 spiro atoms. The Morgan fingerprint density at radius 2 is 0.865 bits per heavy atom. The second-order valence-electron chi connectivity index (χ2n) is 23.7. The van der Waals surface area contributed by atoms with Crippen LogP contribution in [-0.4, -0.2) is 123 Å². The number of nitrogens with one attached hydrogen (secondary N) is 5. The minimum absolute atomic E-state index is 0.00691. The summed E-state index contributed by atoms with van der Waals surface area (Å²) in [5, 5.41) is 13.2. The summed E-state index contributed by atoms with van der Waals surface area (Å²) in [5.74, 6) is -5.66. The molecule has 1 aliphatic rings. The molecular weight excluding hydrogens is 1230 g/mol. The zero-order valence-electron chi connectivity index (χ0n) is 54.4. The van der Waals surface area contributed by atoms with E-state index < -0.39 is 96.4 Å². The predicted molar refractivity (Wildman–Crippen MR) is 354 cm³/mol. The molecule has 0 radical (unpaired) electrons. The van der Waals surface area contributed by atoms with Crippen molar-refractivity contribution in [2.75, 3.05) is 39.6 Å². The molecular formula is C74H85N5O17. The van der Waals surface area contributed by atoms with Crippen molar-refractivity contribution in [2.24, 2.45) is 0 Å². The summed E-state index contributed by atoms with van der Waals surface area (Å²) >= 11 is 0. The van der Waals surface area contributed by atoms with Gasteiger partial charge in [0.15, 0.2) is 0 Å². The summed E-state index contributed by atoms with van der Waals surface area (Å²) in [6.45, 7) is 8.45. The van der Waals surface area contributed by atoms with Gasteiger partial charge in [-0.25, -0.2) is 19.2 Å². The number of benzene rings is 6. The maximum absolute atomic E-state index is 14.4. The summed E-state index contributed by atoms with van der Waals surface area (Å²) in [6.07, 6.45) is -2.26. The Hall–Kier alpha value is -10.2. The second-order valence-corrected chi connectivity index (χ2v) is 23.7. The van der Waals surface area contributed by atoms with E-state index in [-0.39, 0.29) is 110 Å². The molecule has 508 valence electrons. The van der Waals surface area contributed by atoms with Crippen LogP contribution in [0.1, 0.15) is 111 Å². The Labute approximate surface area is 559 Å². The molecule has 96 heavy (non-hydrogen) atoms. The number of allylic oxidation sites excluding steroid dienone is 1. The number of fused-ring (bicyclic) bond motifs is 3. The molecule has 5 N–H and O–H groups in total. The highest BCUT2D eigenvalue weighted by atomic mass is 16.6. The van der Waals surface area contributed by atoms with Crippen LogP contribution in [0.15, 0.2) is 182 Å². The van der Waals surface area contributed by atoms with Crippen LogP contribution >= 0.6 is 0 Å². The van der Waals surface area contributed by atoms with E-state index in [4.69, 9.17) is 37.9 Å². The van der Waals surface area contributed by atoms with Crippen LogP contribution in [0.2, 0.25) is 0 Å². The van der Waals surface area contributed by atoms with Gasteiger partial charge in [-0.2, -0.15) is 0 Å². The smallest absolute Gasteiger partial charge is 0.407 e. The molecule has 0 saturated carbocycles. The molecule has 4 atom stereocenters. The molecule has 0 aliphatic heterocycles. The molecule has 22 nitrogen and oxygen atoms in total. The average Bonchev–Trinajstić information content (AvgIpc) is 1.62. The maximum Gasteiger partial charge on any atom is 0.407 e. The quantitative estimate of drug-likeness (QED) is 0.0104. The summed E-state index contributed by atoms with van der Waals surface area (Å²) in [7, 11) is 0. The number of alkyl carbamates (subject to hydrolysis) is 1. The van der Waals surface area contributed by atoms with Crippen LogP contribution in [0, 0.1) is 0 Å². The highest BCUT2D eigenvalue weighted by Crippen LogP contribution is 2.44. The molecule has 0 heterocycles. The van der Waals surface area contributed by atoms with Gasteiger partial charge in [0.1, 0.15) is 69.4 Å². The van der Waals surface area contributed by atoms with Crippen LogP contribution in [0.3, 0.4) is 0 Å². The lowest BCUT2D eigenvalue weighted by Gasteiger charge is -2.24. The van der Waals surface area contributed by atoms with Crippen LogP contribution < -0.4 is 26.6 Å². The monoisotopic (exact) mass is 1320 g/mol. The topological polar surface area (TPSA) is 288 Å². The Bertz CT molecular complexity index is 3470. The lowest BCUT2D eigenvalue weighted by molar-refractivity contribution is -0.157. The van der Waals surface area contributed by atoms with Gasteiger partial charge in [-0.3, -0.25) is 24.0 Å². The lowest BCUT2D eigenvalue weighted by atomic mass is 9.98. The number of hydrogen-bond acceptors (Lipinski definition) is 17. The first-order chi connectivity index (χ1) is 46.4. The fourth-order valence-electron chi connectivity index (χ4n) is 10.1. The molecule has 1 aliphatic carbocycles. The number of amides is 5. The number of carbonyl (C=O) groups excluding carboxylic acids is 9. The first-order valence-electron chi connectivity index (χ1n) is 32.0. The third-order valence-corrected chi connectivity index (χ3v) is 15.0. The van der Waals surface area contributed by atoms with Gasteiger partial charge in [-0.15, -0.1) is 0 Å². The Morgan fingerprint density at radius 1 is 0.427 bits per heavy atom. The normalized spacial score (nSPS) is 12.7. The molecule has 5 amide bonds. The Kier molecular flexibility index (Phi) is 29.6. The molecule has 6 aromatic carbocycles. The van der Waals surface area contributed by atoms with E-state index in [2.05, 4.69) is 33.2 Å². The zero-order valence-corrected chi connectivity index (χ0v) is 54.4. The van der Waals surface area contributed by atoms with Gasteiger partial charge in [0.2, 0.25) is 23.6 Å². The van der Waals surface area contributed by atoms with E-state index in [9.17, 15) is 43.2 Å². The van der Waals surface area contributed by atoms with Crippen molar-refractivity contribution in [3.05, 3.63) is 216 Å². The van der Waals surface area contributed by atoms with Crippen molar-refractivity contribution >= 4 is 53.6 Å². The van der Waals surface area contributed by atoms with Crippen molar-refractivity contribution in [3.63, 3.8) is 0 Å². The van der Waals surface area contributed by atoms with E-state index >= 15 is 0 Å². The maximum atomic E-state index is 14.4. The lowest BCUT2D eigenvalue weighted by Crippen LogP contribution is -2.53. The van der Waals surface area contributed by atoms with Gasteiger partial charge in [0.25, 0.3) is 0 Å². The largest absolute Gasteiger partial charge is 0.494 e. The summed E-state index contributed by atoms with van der Waals surface area (Å²) in [4.78, 5) is 122. The van der Waals surface area contributed by atoms with E-state index in [0.717, 1.165) is 33.4 Å². The average molecular weight is 1320 g/mol. The van der Waals surface area contributed by atoms with Crippen molar-refractivity contribution < 1.29 is 81.0 Å². The van der Waals surface area contributed by atoms with Crippen molar-refractivity contribution in [1.82, 2.24) is 26.6 Å². The van der Waals surface area contributed by atoms with E-state index in [1.807, 2.05) is 91.0 Å². The van der Waals surface area contributed by atoms with Crippen molar-refractivity contribution in [1.29, 1.82) is 0 Å². The van der Waals surface area contributed by atoms with Crippen molar-refractivity contribution in [3.8, 4) is 11.1 Å². The minimum atomic E-state index is -1.46. The van der Waals surface area contributed by atoms with Gasteiger partial charge in [0, 0.05) is 38.1 Å². The number of rotatable bonds is 39. The molecule has 0 bridgehead atoms. The third-order valence-electron chi connectivity index (χ3n) is 15.0. The van der Waals surface area contributed by atoms with Crippen LogP contribution in [0.4, 0.5) is 4.79 Å². The van der Waals surface area contributed by atoms with E-state index in [1.54, 1.807) is 99.6 Å². The molecule has 0 fully saturated rings. The second kappa shape index (κ2) is 38.9. The van der Waals surface area contributed by atoms with Crippen LogP contribution in [0.25, 0.3) is 11.1 Å². The summed E-state index contributed by atoms with van der Waals surface area (Å²) in [5.41, 5.74) is 6.28. The SMILES string of the molecule is C=C(CCC(NC(=O)C(CCC(=O)NC(CCC(=O)OCc1ccccc1)C(=O)OCc1ccccc1)NC(=O)COCCOCCNC(=O)CCC(NC(=O)OCC1c2ccccc2-c2ccccc21)C(=O)OC(C)(C)C)C(=O)OCc1ccccc1)OCc1ccccc1. The first-order valence-corrected chi connectivity index (χ1v) is 32.0. The van der Waals surface area contributed by atoms with Crippen LogP contribution in [-0.2, 0) is 103 Å². The number of carbonyl (C=O) groups is 9. The molecule has 22 heteroatoms. The third kappa shape index (κ3) is 26.0. The number of ether oxygens (including phenoxy) is 8. The van der Waals surface area contributed by atoms with Gasteiger partial charge < -0.3 is 64.5 Å². The zero-order chi connectivity index (χ0) is 68.5. The van der Waals surface area contributed by atoms with Crippen molar-refractivity contribution in [2.45, 2.75) is 134 Å². The number of esters is 4. The Balaban J connectivity index is 0.916. The molecule has 0 aromatic heterocycles. The fourth-order valence-corrected chi connectivity index (χ4v) is 10.1. The van der Waals surface area contributed by atoms with Gasteiger partial charge in [-0.05, 0) is 91.0 Å². The highest BCUT2D eigenvalue weighted by Gasteiger charge is 2.33.